The molecule has 1 aromatic carbocycles. The molecular weight excluding hydrogens is 283 g/mol. The van der Waals surface area contributed by atoms with Crippen LogP contribution in [0.4, 0.5) is 4.39 Å². The monoisotopic (exact) mass is 308 g/mol. The van der Waals surface area contributed by atoms with Gasteiger partial charge in [0.05, 0.1) is 11.3 Å². The second-order valence-corrected chi connectivity index (χ2v) is 6.45. The molecule has 0 bridgehead atoms. The summed E-state index contributed by atoms with van der Waals surface area (Å²) in [7, 11) is 0. The lowest BCUT2D eigenvalue weighted by Gasteiger charge is -2.23. The Morgan fingerprint density at radius 2 is 2.18 bits per heavy atom. The quantitative estimate of drug-likeness (QED) is 0.879. The molecule has 1 unspecified atom stereocenters. The van der Waals surface area contributed by atoms with Crippen molar-refractivity contribution in [2.75, 3.05) is 13.2 Å². The van der Waals surface area contributed by atoms with Crippen molar-refractivity contribution in [3.63, 3.8) is 0 Å². The highest BCUT2D eigenvalue weighted by Gasteiger charge is 2.23. The highest BCUT2D eigenvalue weighted by Crippen LogP contribution is 2.28. The van der Waals surface area contributed by atoms with E-state index >= 15 is 0 Å². The molecular formula is C17H25FN2O2. The summed E-state index contributed by atoms with van der Waals surface area (Å²) in [4.78, 5) is 0. The van der Waals surface area contributed by atoms with Crippen LogP contribution in [0.2, 0.25) is 0 Å². The van der Waals surface area contributed by atoms with Gasteiger partial charge in [-0.15, -0.1) is 0 Å². The average molecular weight is 308 g/mol. The second-order valence-electron chi connectivity index (χ2n) is 6.45. The van der Waals surface area contributed by atoms with Crippen molar-refractivity contribution in [1.29, 1.82) is 0 Å². The summed E-state index contributed by atoms with van der Waals surface area (Å²) < 4.78 is 20.5. The second kappa shape index (κ2) is 6.65. The van der Waals surface area contributed by atoms with Gasteiger partial charge < -0.3 is 15.3 Å². The lowest BCUT2D eigenvalue weighted by atomic mass is 9.92. The van der Waals surface area contributed by atoms with Crippen LogP contribution in [0.3, 0.4) is 0 Å². The van der Waals surface area contributed by atoms with E-state index in [1.807, 2.05) is 6.92 Å². The van der Waals surface area contributed by atoms with E-state index in [0.717, 1.165) is 18.7 Å². The van der Waals surface area contributed by atoms with E-state index < -0.39 is 5.60 Å². The smallest absolute Gasteiger partial charge is 0.139 e. The fourth-order valence-corrected chi connectivity index (χ4v) is 2.52. The van der Waals surface area contributed by atoms with Crippen LogP contribution in [0.15, 0.2) is 17.2 Å². The molecule has 0 aliphatic carbocycles. The number of rotatable bonds is 5. The normalized spacial score (nSPS) is 18.6. The first-order chi connectivity index (χ1) is 10.3. The fraction of sp³-hybridized carbons (Fsp3) is 0.588. The highest BCUT2D eigenvalue weighted by atomic mass is 19.1. The molecule has 1 atom stereocenters. The molecule has 0 aromatic heterocycles. The fourth-order valence-electron chi connectivity index (χ4n) is 2.52. The van der Waals surface area contributed by atoms with Gasteiger partial charge in [0.25, 0.3) is 0 Å². The Balaban J connectivity index is 2.34. The Hall–Kier alpha value is -1.62. The van der Waals surface area contributed by atoms with Gasteiger partial charge in [0.1, 0.15) is 18.2 Å². The van der Waals surface area contributed by atoms with Crippen LogP contribution in [-0.4, -0.2) is 29.6 Å². The lowest BCUT2D eigenvalue weighted by molar-refractivity contribution is 0.0280. The van der Waals surface area contributed by atoms with Gasteiger partial charge >= 0.3 is 0 Å². The van der Waals surface area contributed by atoms with Gasteiger partial charge in [-0.3, -0.25) is 0 Å². The molecule has 1 aliphatic rings. The van der Waals surface area contributed by atoms with Crippen LogP contribution >= 0.6 is 0 Å². The van der Waals surface area contributed by atoms with E-state index in [0.29, 0.717) is 23.3 Å². The number of aliphatic hydroxyl groups is 1. The van der Waals surface area contributed by atoms with E-state index in [1.54, 1.807) is 26.0 Å². The van der Waals surface area contributed by atoms with E-state index in [-0.39, 0.29) is 18.3 Å². The largest absolute Gasteiger partial charge is 0.490 e. The van der Waals surface area contributed by atoms with Crippen molar-refractivity contribution >= 4 is 5.71 Å². The zero-order valence-corrected chi connectivity index (χ0v) is 13.7. The standard InChI is InChI=1S/C17H25FN2O2/c1-5-12-14(22-10-17(3,4)21)7-6-13(15(12)18)16-11(2)8-9-19-20-16/h6-7,11,19,21H,5,8-10H2,1-4H3. The summed E-state index contributed by atoms with van der Waals surface area (Å²) in [5.41, 5.74) is 3.81. The third-order valence-electron chi connectivity index (χ3n) is 3.77. The van der Waals surface area contributed by atoms with Crippen molar-refractivity contribution in [2.45, 2.75) is 46.1 Å². The predicted molar refractivity (Wildman–Crippen MR) is 85.9 cm³/mol. The van der Waals surface area contributed by atoms with E-state index in [1.165, 1.54) is 0 Å². The maximum atomic E-state index is 14.9. The Labute approximate surface area is 131 Å². The van der Waals surface area contributed by atoms with Crippen molar-refractivity contribution in [3.05, 3.63) is 29.1 Å². The maximum Gasteiger partial charge on any atom is 0.139 e. The summed E-state index contributed by atoms with van der Waals surface area (Å²) in [6, 6.07) is 3.49. The number of benzene rings is 1. The third-order valence-corrected chi connectivity index (χ3v) is 3.77. The molecule has 0 fully saturated rings. The van der Waals surface area contributed by atoms with Crippen LogP contribution in [0.5, 0.6) is 5.75 Å². The van der Waals surface area contributed by atoms with E-state index in [9.17, 15) is 9.50 Å². The molecule has 2 rings (SSSR count). The van der Waals surface area contributed by atoms with Gasteiger partial charge in [-0.1, -0.05) is 13.8 Å². The number of hydrogen-bond acceptors (Lipinski definition) is 4. The number of hydrazone groups is 1. The lowest BCUT2D eigenvalue weighted by Crippen LogP contribution is -2.29. The molecule has 4 nitrogen and oxygen atoms in total. The molecule has 0 saturated carbocycles. The zero-order chi connectivity index (χ0) is 16.3. The van der Waals surface area contributed by atoms with Crippen molar-refractivity contribution < 1.29 is 14.2 Å². The Morgan fingerprint density at radius 1 is 1.45 bits per heavy atom. The minimum Gasteiger partial charge on any atom is -0.490 e. The molecule has 1 heterocycles. The van der Waals surface area contributed by atoms with Gasteiger partial charge in [0.15, 0.2) is 0 Å². The van der Waals surface area contributed by atoms with Crippen LogP contribution in [0.1, 0.15) is 45.2 Å². The molecule has 1 aliphatic heterocycles. The van der Waals surface area contributed by atoms with Crippen LogP contribution < -0.4 is 10.2 Å². The zero-order valence-electron chi connectivity index (χ0n) is 13.7. The first kappa shape index (κ1) is 16.7. The van der Waals surface area contributed by atoms with Crippen molar-refractivity contribution in [1.82, 2.24) is 5.43 Å². The molecule has 0 radical (unpaired) electrons. The van der Waals surface area contributed by atoms with E-state index in [4.69, 9.17) is 4.74 Å². The summed E-state index contributed by atoms with van der Waals surface area (Å²) in [5.74, 6) is 0.441. The summed E-state index contributed by atoms with van der Waals surface area (Å²) in [6.07, 6.45) is 1.46. The van der Waals surface area contributed by atoms with Crippen molar-refractivity contribution in [2.24, 2.45) is 11.0 Å². The Morgan fingerprint density at radius 3 is 2.77 bits per heavy atom. The molecule has 1 aromatic rings. The summed E-state index contributed by atoms with van der Waals surface area (Å²) in [5, 5.41) is 14.0. The molecule has 5 heteroatoms. The van der Waals surface area contributed by atoms with Crippen LogP contribution in [0.25, 0.3) is 0 Å². The van der Waals surface area contributed by atoms with Crippen LogP contribution in [-0.2, 0) is 6.42 Å². The number of nitrogens with zero attached hydrogens (tertiary/aromatic N) is 1. The molecule has 0 spiro atoms. The average Bonchev–Trinajstić information content (AvgIpc) is 2.45. The van der Waals surface area contributed by atoms with Crippen LogP contribution in [0, 0.1) is 11.7 Å². The molecule has 122 valence electrons. The molecule has 0 amide bonds. The molecule has 2 N–H and O–H groups in total. The number of nitrogens with one attached hydrogen (secondary N) is 1. The maximum absolute atomic E-state index is 14.9. The number of hydrogen-bond donors (Lipinski definition) is 2. The Kier molecular flexibility index (Phi) is 5.06. The molecule has 22 heavy (non-hydrogen) atoms. The highest BCUT2D eigenvalue weighted by molar-refractivity contribution is 6.02. The number of ether oxygens (including phenoxy) is 1. The summed E-state index contributed by atoms with van der Waals surface area (Å²) in [6.45, 7) is 8.21. The van der Waals surface area contributed by atoms with Gasteiger partial charge in [0, 0.05) is 23.6 Å². The Bertz CT molecular complexity index is 565. The van der Waals surface area contributed by atoms with Gasteiger partial charge in [-0.2, -0.15) is 5.10 Å². The topological polar surface area (TPSA) is 53.9 Å². The molecule has 0 saturated heterocycles. The summed E-state index contributed by atoms with van der Waals surface area (Å²) >= 11 is 0. The third kappa shape index (κ3) is 3.77. The minimum atomic E-state index is -0.952. The minimum absolute atomic E-state index is 0.123. The SMILES string of the molecule is CCc1c(OCC(C)(C)O)ccc(C2=NNCCC2C)c1F. The predicted octanol–water partition coefficient (Wildman–Crippen LogP) is 2.87. The van der Waals surface area contributed by atoms with Gasteiger partial charge in [0.2, 0.25) is 0 Å². The number of halogens is 1. The van der Waals surface area contributed by atoms with Gasteiger partial charge in [-0.25, -0.2) is 4.39 Å². The first-order valence-electron chi connectivity index (χ1n) is 7.81. The van der Waals surface area contributed by atoms with E-state index in [2.05, 4.69) is 17.5 Å². The van der Waals surface area contributed by atoms with Gasteiger partial charge in [-0.05, 0) is 38.8 Å². The first-order valence-corrected chi connectivity index (χ1v) is 7.81. The van der Waals surface area contributed by atoms with Crippen molar-refractivity contribution in [3.8, 4) is 5.75 Å².